The second kappa shape index (κ2) is 10.2. The number of aromatic nitrogens is 3. The van der Waals surface area contributed by atoms with Crippen LogP contribution in [0.25, 0.3) is 22.5 Å². The zero-order chi connectivity index (χ0) is 24.4. The molecule has 2 atom stereocenters. The Morgan fingerprint density at radius 2 is 1.86 bits per heavy atom. The zero-order valence-electron chi connectivity index (χ0n) is 19.6. The largest absolute Gasteiger partial charge is 0.610 e. The first kappa shape index (κ1) is 23.5. The minimum absolute atomic E-state index is 0.101. The van der Waals surface area contributed by atoms with Crippen LogP contribution in [-0.2, 0) is 28.9 Å². The van der Waals surface area contributed by atoms with Crippen molar-refractivity contribution in [2.45, 2.75) is 30.5 Å². The molecule has 1 aliphatic rings. The van der Waals surface area contributed by atoms with Crippen molar-refractivity contribution in [3.63, 3.8) is 0 Å². The highest BCUT2D eigenvalue weighted by Crippen LogP contribution is 2.40. The van der Waals surface area contributed by atoms with Crippen LogP contribution in [0, 0.1) is 5.82 Å². The van der Waals surface area contributed by atoms with E-state index < -0.39 is 11.2 Å². The Bertz CT molecular complexity index is 1310. The molecule has 2 aromatic carbocycles. The number of hydrogen-bond acceptors (Lipinski definition) is 5. The van der Waals surface area contributed by atoms with Gasteiger partial charge in [-0.2, -0.15) is 0 Å². The smallest absolute Gasteiger partial charge is 0.244 e. The lowest BCUT2D eigenvalue weighted by molar-refractivity contribution is 0.0925. The van der Waals surface area contributed by atoms with E-state index in [2.05, 4.69) is 9.55 Å². The molecule has 8 heteroatoms. The van der Waals surface area contributed by atoms with E-state index in [1.807, 2.05) is 36.4 Å². The highest BCUT2D eigenvalue weighted by Gasteiger charge is 2.30. The van der Waals surface area contributed by atoms with Crippen molar-refractivity contribution in [3.05, 3.63) is 84.1 Å². The molecule has 0 spiro atoms. The summed E-state index contributed by atoms with van der Waals surface area (Å²) < 4.78 is 39.3. The van der Waals surface area contributed by atoms with Crippen LogP contribution in [-0.4, -0.2) is 39.1 Å². The van der Waals surface area contributed by atoms with Crippen molar-refractivity contribution in [2.24, 2.45) is 0 Å². The molecule has 3 heterocycles. The van der Waals surface area contributed by atoms with Gasteiger partial charge in [0.1, 0.15) is 23.6 Å². The van der Waals surface area contributed by atoms with E-state index in [1.54, 1.807) is 31.7 Å². The Labute approximate surface area is 206 Å². The molecule has 2 aromatic heterocycles. The third-order valence-electron chi connectivity index (χ3n) is 6.21. The number of benzene rings is 2. The lowest BCUT2D eigenvalue weighted by atomic mass is 10.0. The fourth-order valence-electron chi connectivity index (χ4n) is 4.46. The first-order valence-corrected chi connectivity index (χ1v) is 13.0. The maximum atomic E-state index is 13.6. The summed E-state index contributed by atoms with van der Waals surface area (Å²) in [5, 5.41) is 0.508. The highest BCUT2D eigenvalue weighted by molar-refractivity contribution is 7.90. The van der Waals surface area contributed by atoms with Gasteiger partial charge in [-0.3, -0.25) is 0 Å². The van der Waals surface area contributed by atoms with Gasteiger partial charge in [-0.15, -0.1) is 0 Å². The zero-order valence-corrected chi connectivity index (χ0v) is 20.4. The van der Waals surface area contributed by atoms with E-state index in [9.17, 15) is 8.94 Å². The number of methoxy groups -OCH3 is 1. The molecular formula is C27H26FN3O3S. The molecule has 0 radical (unpaired) electrons. The number of hydrogen-bond donors (Lipinski definition) is 0. The summed E-state index contributed by atoms with van der Waals surface area (Å²) in [5.41, 5.74) is 4.48. The van der Waals surface area contributed by atoms with Crippen molar-refractivity contribution in [1.82, 2.24) is 14.5 Å². The molecule has 35 heavy (non-hydrogen) atoms. The predicted octanol–water partition coefficient (Wildman–Crippen LogP) is 5.20. The second-order valence-electron chi connectivity index (χ2n) is 8.49. The van der Waals surface area contributed by atoms with Crippen molar-refractivity contribution in [1.29, 1.82) is 0 Å². The van der Waals surface area contributed by atoms with Crippen LogP contribution in [0.15, 0.2) is 71.9 Å². The van der Waals surface area contributed by atoms with E-state index in [0.29, 0.717) is 18.2 Å². The van der Waals surface area contributed by atoms with Gasteiger partial charge >= 0.3 is 0 Å². The Balaban J connectivity index is 1.47. The molecule has 0 amide bonds. The number of halogens is 1. The topological polar surface area (TPSA) is 72.2 Å². The Hall–Kier alpha value is -3.20. The molecule has 6 nitrogen and oxygen atoms in total. The molecule has 4 aromatic rings. The molecule has 0 saturated carbocycles. The summed E-state index contributed by atoms with van der Waals surface area (Å²) in [5.74, 6) is 1.49. The van der Waals surface area contributed by atoms with Gasteiger partial charge < -0.3 is 18.6 Å². The SMILES string of the molecule is COc1ccc(COC[C@@H]2CCc3nc(-c4ccc(F)cc4)c(-c4ccnc([S+](C)[O-])c4)n32)cc1. The number of imidazole rings is 1. The molecular weight excluding hydrogens is 465 g/mol. The molecule has 5 rings (SSSR count). The van der Waals surface area contributed by atoms with Gasteiger partial charge in [0.25, 0.3) is 0 Å². The molecule has 1 aliphatic heterocycles. The normalized spacial score (nSPS) is 15.7. The summed E-state index contributed by atoms with van der Waals surface area (Å²) >= 11 is -1.21. The van der Waals surface area contributed by atoms with Crippen molar-refractivity contribution < 1.29 is 18.4 Å². The van der Waals surface area contributed by atoms with Crippen LogP contribution in [0.4, 0.5) is 4.39 Å². The van der Waals surface area contributed by atoms with Crippen LogP contribution in [0.3, 0.4) is 0 Å². The maximum absolute atomic E-state index is 13.6. The van der Waals surface area contributed by atoms with Gasteiger partial charge in [0.15, 0.2) is 0 Å². The van der Waals surface area contributed by atoms with Gasteiger partial charge in [-0.1, -0.05) is 12.1 Å². The number of nitrogens with zero attached hydrogens (tertiary/aromatic N) is 3. The number of fused-ring (bicyclic) bond motifs is 1. The third kappa shape index (κ3) is 4.96. The summed E-state index contributed by atoms with van der Waals surface area (Å²) in [4.78, 5) is 9.21. The lowest BCUT2D eigenvalue weighted by Crippen LogP contribution is -2.13. The van der Waals surface area contributed by atoms with E-state index in [-0.39, 0.29) is 11.9 Å². The number of pyridine rings is 1. The number of rotatable bonds is 8. The Morgan fingerprint density at radius 3 is 2.57 bits per heavy atom. The monoisotopic (exact) mass is 491 g/mol. The average molecular weight is 492 g/mol. The third-order valence-corrected chi connectivity index (χ3v) is 7.02. The van der Waals surface area contributed by atoms with E-state index >= 15 is 0 Å². The summed E-state index contributed by atoms with van der Waals surface area (Å²) in [6.07, 6.45) is 5.02. The van der Waals surface area contributed by atoms with Crippen molar-refractivity contribution in [3.8, 4) is 28.3 Å². The van der Waals surface area contributed by atoms with Crippen LogP contribution in [0.2, 0.25) is 0 Å². The van der Waals surface area contributed by atoms with Crippen LogP contribution in [0.5, 0.6) is 5.75 Å². The number of ether oxygens (including phenoxy) is 2. The fraction of sp³-hybridized carbons (Fsp3) is 0.259. The standard InChI is InChI=1S/C27H26FN3O3S/c1-33-23-10-3-18(4-11-23)16-34-17-22-9-12-24-30-26(19-5-7-21(28)8-6-19)27(31(22)24)20-13-14-29-25(15-20)35(2)32/h3-8,10-11,13-15,22H,9,12,16-17H2,1-2H3/t22-,35?/m0/s1. The van der Waals surface area contributed by atoms with Gasteiger partial charge in [0.05, 0.1) is 37.8 Å². The van der Waals surface area contributed by atoms with Gasteiger partial charge in [-0.25, -0.2) is 14.4 Å². The minimum Gasteiger partial charge on any atom is -0.610 e. The van der Waals surface area contributed by atoms with E-state index in [4.69, 9.17) is 14.5 Å². The molecule has 0 bridgehead atoms. The molecule has 0 saturated heterocycles. The lowest BCUT2D eigenvalue weighted by Gasteiger charge is -2.18. The van der Waals surface area contributed by atoms with Gasteiger partial charge in [0.2, 0.25) is 5.03 Å². The van der Waals surface area contributed by atoms with Crippen LogP contribution < -0.4 is 4.74 Å². The van der Waals surface area contributed by atoms with Gasteiger partial charge in [0, 0.05) is 41.0 Å². The van der Waals surface area contributed by atoms with Crippen molar-refractivity contribution >= 4 is 11.2 Å². The molecule has 0 N–H and O–H groups in total. The Kier molecular flexibility index (Phi) is 6.86. The summed E-state index contributed by atoms with van der Waals surface area (Å²) in [7, 11) is 1.65. The first-order chi connectivity index (χ1) is 17.0. The minimum atomic E-state index is -1.21. The average Bonchev–Trinajstić information content (AvgIpc) is 3.45. The maximum Gasteiger partial charge on any atom is 0.244 e. The van der Waals surface area contributed by atoms with Crippen LogP contribution >= 0.6 is 0 Å². The molecule has 0 fully saturated rings. The van der Waals surface area contributed by atoms with E-state index in [0.717, 1.165) is 52.5 Å². The summed E-state index contributed by atoms with van der Waals surface area (Å²) in [6, 6.07) is 18.1. The molecule has 180 valence electrons. The molecule has 0 aliphatic carbocycles. The van der Waals surface area contributed by atoms with E-state index in [1.165, 1.54) is 12.1 Å². The van der Waals surface area contributed by atoms with Gasteiger partial charge in [-0.05, 0) is 54.4 Å². The Morgan fingerprint density at radius 1 is 1.09 bits per heavy atom. The van der Waals surface area contributed by atoms with Crippen LogP contribution in [0.1, 0.15) is 23.9 Å². The molecule has 1 unspecified atom stereocenters. The highest BCUT2D eigenvalue weighted by atomic mass is 32.2. The fourth-order valence-corrected chi connectivity index (χ4v) is 4.97. The first-order valence-electron chi connectivity index (χ1n) is 11.4. The quantitative estimate of drug-likeness (QED) is 0.317. The number of aryl methyl sites for hydroxylation is 1. The van der Waals surface area contributed by atoms with Crippen molar-refractivity contribution in [2.75, 3.05) is 20.0 Å². The second-order valence-corrected chi connectivity index (χ2v) is 9.82. The summed E-state index contributed by atoms with van der Waals surface area (Å²) in [6.45, 7) is 1.03. The predicted molar refractivity (Wildman–Crippen MR) is 133 cm³/mol.